The third kappa shape index (κ3) is 5.16. The fourth-order valence-corrected chi connectivity index (χ4v) is 5.13. The second-order valence-electron chi connectivity index (χ2n) is 9.36. The molecule has 0 N–H and O–H groups in total. The molecular weight excluding hydrogens is 443 g/mol. The van der Waals surface area contributed by atoms with Gasteiger partial charge in [0.05, 0.1) is 11.4 Å². The van der Waals surface area contributed by atoms with Gasteiger partial charge in [0.2, 0.25) is 11.8 Å². The largest absolute Gasteiger partial charge is 0.486 e. The van der Waals surface area contributed by atoms with Gasteiger partial charge in [-0.2, -0.15) is 0 Å². The molecule has 0 aliphatic carbocycles. The summed E-state index contributed by atoms with van der Waals surface area (Å²) in [6.45, 7) is 6.68. The van der Waals surface area contributed by atoms with Gasteiger partial charge < -0.3 is 29.0 Å². The minimum Gasteiger partial charge on any atom is -0.486 e. The molecule has 1 saturated heterocycles. The molecule has 2 amide bonds. The number of benzene rings is 2. The highest BCUT2D eigenvalue weighted by molar-refractivity contribution is 6.10. The predicted molar refractivity (Wildman–Crippen MR) is 135 cm³/mol. The number of anilines is 2. The second kappa shape index (κ2) is 10.3. The molecule has 0 unspecified atom stereocenters. The van der Waals surface area contributed by atoms with Crippen LogP contribution in [0.3, 0.4) is 0 Å². The van der Waals surface area contributed by atoms with Gasteiger partial charge in [-0.3, -0.25) is 9.59 Å². The lowest BCUT2D eigenvalue weighted by molar-refractivity contribution is -0.121. The van der Waals surface area contributed by atoms with Gasteiger partial charge in [0.25, 0.3) is 0 Å². The standard InChI is InChI=1S/C26H31BN4O4/c1-19(32)30-18-26(33)29(22-4-2-3-5-23(22)30)13-12-28-10-8-21(9-11-28)31(27)17-20-6-7-24-25(16-20)35-15-14-34-24/h2-7,16,21H,8-15,17-18H2,1H3. The van der Waals surface area contributed by atoms with Crippen molar-refractivity contribution in [3.63, 3.8) is 0 Å². The number of hydrogen-bond acceptors (Lipinski definition) is 6. The Hall–Kier alpha value is -3.04. The van der Waals surface area contributed by atoms with Crippen molar-refractivity contribution in [2.75, 3.05) is 55.7 Å². The second-order valence-corrected chi connectivity index (χ2v) is 9.36. The SMILES string of the molecule is [B]N(Cc1ccc2c(c1)OCCO2)C1CCN(CCN2C(=O)CN(C(C)=O)c3ccccc32)CC1. The minimum absolute atomic E-state index is 0.0404. The Morgan fingerprint density at radius 1 is 1.03 bits per heavy atom. The van der Waals surface area contributed by atoms with Gasteiger partial charge in [-0.05, 0) is 55.8 Å². The normalized spacial score (nSPS) is 18.6. The van der Waals surface area contributed by atoms with Crippen LogP contribution in [0.1, 0.15) is 25.3 Å². The van der Waals surface area contributed by atoms with Crippen molar-refractivity contribution in [3.05, 3.63) is 48.0 Å². The number of nitrogens with zero attached hydrogens (tertiary/aromatic N) is 4. The summed E-state index contributed by atoms with van der Waals surface area (Å²) < 4.78 is 11.3. The summed E-state index contributed by atoms with van der Waals surface area (Å²) in [6.07, 6.45) is 1.95. The van der Waals surface area contributed by atoms with Crippen LogP contribution in [0.2, 0.25) is 0 Å². The summed E-state index contributed by atoms with van der Waals surface area (Å²) >= 11 is 0. The van der Waals surface area contributed by atoms with E-state index < -0.39 is 0 Å². The third-order valence-electron chi connectivity index (χ3n) is 7.08. The van der Waals surface area contributed by atoms with E-state index in [1.54, 1.807) is 4.90 Å². The number of likely N-dealkylation sites (tertiary alicyclic amines) is 1. The molecule has 8 nitrogen and oxygen atoms in total. The lowest BCUT2D eigenvalue weighted by Gasteiger charge is -2.39. The molecule has 0 saturated carbocycles. The third-order valence-corrected chi connectivity index (χ3v) is 7.08. The first kappa shape index (κ1) is 23.7. The predicted octanol–water partition coefficient (Wildman–Crippen LogP) is 2.21. The zero-order valence-electron chi connectivity index (χ0n) is 20.2. The van der Waals surface area contributed by atoms with Crippen molar-refractivity contribution in [2.24, 2.45) is 0 Å². The number of rotatable bonds is 6. The van der Waals surface area contributed by atoms with Gasteiger partial charge in [-0.1, -0.05) is 18.2 Å². The van der Waals surface area contributed by atoms with Crippen molar-refractivity contribution in [3.8, 4) is 11.5 Å². The van der Waals surface area contributed by atoms with Gasteiger partial charge in [-0.15, -0.1) is 0 Å². The van der Waals surface area contributed by atoms with Crippen molar-refractivity contribution >= 4 is 31.2 Å². The molecular formula is C26H31BN4O4. The van der Waals surface area contributed by atoms with Crippen LogP contribution in [0.15, 0.2) is 42.5 Å². The van der Waals surface area contributed by atoms with E-state index in [2.05, 4.69) is 4.90 Å². The molecule has 3 aliphatic rings. The highest BCUT2D eigenvalue weighted by atomic mass is 16.6. The Balaban J connectivity index is 1.13. The Kier molecular flexibility index (Phi) is 6.97. The first-order chi connectivity index (χ1) is 17.0. The molecule has 1 fully saturated rings. The average Bonchev–Trinajstić information content (AvgIpc) is 2.88. The highest BCUT2D eigenvalue weighted by Gasteiger charge is 2.31. The molecule has 9 heteroatoms. The minimum atomic E-state index is -0.116. The summed E-state index contributed by atoms with van der Waals surface area (Å²) in [5.41, 5.74) is 2.72. The lowest BCUT2D eigenvalue weighted by Crippen LogP contribution is -2.51. The maximum Gasteiger partial charge on any atom is 0.247 e. The monoisotopic (exact) mass is 474 g/mol. The van der Waals surface area contributed by atoms with E-state index in [-0.39, 0.29) is 18.4 Å². The summed E-state index contributed by atoms with van der Waals surface area (Å²) in [5.74, 6) is 1.43. The molecule has 2 radical (unpaired) electrons. The Labute approximate surface area is 207 Å². The maximum absolute atomic E-state index is 12.8. The van der Waals surface area contributed by atoms with E-state index in [0.29, 0.717) is 32.3 Å². The first-order valence-corrected chi connectivity index (χ1v) is 12.3. The lowest BCUT2D eigenvalue weighted by atomic mass is 9.98. The fraction of sp³-hybridized carbons (Fsp3) is 0.462. The van der Waals surface area contributed by atoms with Crippen LogP contribution in [0, 0.1) is 0 Å². The van der Waals surface area contributed by atoms with Crippen molar-refractivity contribution < 1.29 is 19.1 Å². The molecule has 0 aromatic heterocycles. The quantitative estimate of drug-likeness (QED) is 0.599. The molecule has 3 heterocycles. The fourth-order valence-electron chi connectivity index (χ4n) is 5.13. The summed E-state index contributed by atoms with van der Waals surface area (Å²) in [6, 6.07) is 13.9. The van der Waals surface area contributed by atoms with E-state index in [1.807, 2.05) is 52.2 Å². The van der Waals surface area contributed by atoms with E-state index >= 15 is 0 Å². The number of ether oxygens (including phenoxy) is 2. The molecule has 0 bridgehead atoms. The average molecular weight is 474 g/mol. The van der Waals surface area contributed by atoms with Crippen LogP contribution >= 0.6 is 0 Å². The van der Waals surface area contributed by atoms with Crippen LogP contribution in [0.25, 0.3) is 0 Å². The van der Waals surface area contributed by atoms with E-state index in [9.17, 15) is 9.59 Å². The van der Waals surface area contributed by atoms with Crippen molar-refractivity contribution in [1.82, 2.24) is 9.71 Å². The van der Waals surface area contributed by atoms with Crippen LogP contribution < -0.4 is 19.3 Å². The summed E-state index contributed by atoms with van der Waals surface area (Å²) in [4.78, 5) is 32.5. The van der Waals surface area contributed by atoms with Gasteiger partial charge in [-0.25, -0.2) is 0 Å². The number of amides is 2. The summed E-state index contributed by atoms with van der Waals surface area (Å²) in [5, 5.41) is 0. The number of hydrogen-bond donors (Lipinski definition) is 0. The zero-order valence-corrected chi connectivity index (χ0v) is 20.2. The van der Waals surface area contributed by atoms with E-state index in [0.717, 1.165) is 60.9 Å². The van der Waals surface area contributed by atoms with Gasteiger partial charge >= 0.3 is 0 Å². The number of carbonyl (C=O) groups excluding carboxylic acids is 2. The number of piperidine rings is 1. The molecule has 182 valence electrons. The molecule has 2 aromatic carbocycles. The number of para-hydroxylation sites is 2. The van der Waals surface area contributed by atoms with Crippen LogP contribution in [-0.2, 0) is 16.1 Å². The van der Waals surface area contributed by atoms with E-state index in [1.165, 1.54) is 6.92 Å². The smallest absolute Gasteiger partial charge is 0.247 e. The van der Waals surface area contributed by atoms with Crippen LogP contribution in [0.5, 0.6) is 11.5 Å². The first-order valence-electron chi connectivity index (χ1n) is 12.3. The Morgan fingerprint density at radius 2 is 1.74 bits per heavy atom. The molecule has 2 aromatic rings. The number of carbonyl (C=O) groups is 2. The molecule has 35 heavy (non-hydrogen) atoms. The van der Waals surface area contributed by atoms with Crippen LogP contribution in [0.4, 0.5) is 11.4 Å². The van der Waals surface area contributed by atoms with E-state index in [4.69, 9.17) is 17.5 Å². The summed E-state index contributed by atoms with van der Waals surface area (Å²) in [7, 11) is 6.46. The van der Waals surface area contributed by atoms with Crippen molar-refractivity contribution in [1.29, 1.82) is 0 Å². The zero-order chi connectivity index (χ0) is 24.4. The van der Waals surface area contributed by atoms with Gasteiger partial charge in [0.1, 0.15) is 19.8 Å². The molecule has 0 atom stereocenters. The van der Waals surface area contributed by atoms with Crippen molar-refractivity contribution in [2.45, 2.75) is 32.4 Å². The Bertz CT molecular complexity index is 1090. The Morgan fingerprint density at radius 3 is 2.49 bits per heavy atom. The van der Waals surface area contributed by atoms with Gasteiger partial charge in [0, 0.05) is 32.6 Å². The molecule has 0 spiro atoms. The molecule has 5 rings (SSSR count). The number of fused-ring (bicyclic) bond motifs is 2. The highest BCUT2D eigenvalue weighted by Crippen LogP contribution is 2.34. The maximum atomic E-state index is 12.8. The van der Waals surface area contributed by atoms with Crippen LogP contribution in [-0.4, -0.2) is 81.5 Å². The topological polar surface area (TPSA) is 65.6 Å². The van der Waals surface area contributed by atoms with Gasteiger partial charge in [0.15, 0.2) is 19.5 Å². The molecule has 3 aliphatic heterocycles.